The van der Waals surface area contributed by atoms with Gasteiger partial charge >= 0.3 is 0 Å². The SMILES string of the molecule is N[C@@H]1C[C@@H]2CC(C(=O)Nc3cnn(C4CCNCC4)c3)C[C@@H]21. The van der Waals surface area contributed by atoms with Crippen LogP contribution in [-0.4, -0.2) is 34.8 Å². The second kappa shape index (κ2) is 5.66. The van der Waals surface area contributed by atoms with Crippen LogP contribution in [0.3, 0.4) is 0 Å². The van der Waals surface area contributed by atoms with Gasteiger partial charge in [0.05, 0.1) is 17.9 Å². The zero-order chi connectivity index (χ0) is 15.1. The third kappa shape index (κ3) is 2.54. The summed E-state index contributed by atoms with van der Waals surface area (Å²) in [6.45, 7) is 2.08. The molecule has 0 spiro atoms. The molecule has 120 valence electrons. The lowest BCUT2D eigenvalue weighted by molar-refractivity contribution is -0.119. The summed E-state index contributed by atoms with van der Waals surface area (Å²) >= 11 is 0. The maximum atomic E-state index is 12.4. The predicted octanol–water partition coefficient (Wildman–Crippen LogP) is 1.12. The smallest absolute Gasteiger partial charge is 0.227 e. The molecule has 0 aromatic carbocycles. The van der Waals surface area contributed by atoms with Gasteiger partial charge in [-0.25, -0.2) is 0 Å². The molecular weight excluding hydrogens is 278 g/mol. The van der Waals surface area contributed by atoms with Crippen LogP contribution in [0.5, 0.6) is 0 Å². The molecular formula is C16H25N5O. The number of aromatic nitrogens is 2. The van der Waals surface area contributed by atoms with Gasteiger partial charge in [-0.2, -0.15) is 5.10 Å². The molecule has 0 radical (unpaired) electrons. The lowest BCUT2D eigenvalue weighted by atomic mass is 9.72. The van der Waals surface area contributed by atoms with Crippen molar-refractivity contribution in [2.45, 2.75) is 44.2 Å². The maximum absolute atomic E-state index is 12.4. The quantitative estimate of drug-likeness (QED) is 0.781. The molecule has 1 amide bonds. The third-order valence-corrected chi connectivity index (χ3v) is 5.80. The van der Waals surface area contributed by atoms with Crippen LogP contribution >= 0.6 is 0 Å². The molecule has 2 aliphatic carbocycles. The van der Waals surface area contributed by atoms with Crippen LogP contribution in [0.4, 0.5) is 5.69 Å². The van der Waals surface area contributed by atoms with E-state index in [1.54, 1.807) is 6.20 Å². The van der Waals surface area contributed by atoms with Crippen molar-refractivity contribution in [2.75, 3.05) is 18.4 Å². The van der Waals surface area contributed by atoms with E-state index in [0.29, 0.717) is 23.9 Å². The van der Waals surface area contributed by atoms with E-state index in [0.717, 1.165) is 50.9 Å². The normalized spacial score (nSPS) is 35.0. The Bertz CT molecular complexity index is 550. The first-order valence-corrected chi connectivity index (χ1v) is 8.52. The summed E-state index contributed by atoms with van der Waals surface area (Å²) in [6.07, 6.45) is 9.01. The molecule has 3 aliphatic rings. The Kier molecular flexibility index (Phi) is 3.66. The first kappa shape index (κ1) is 14.2. The van der Waals surface area contributed by atoms with Gasteiger partial charge in [0.25, 0.3) is 0 Å². The highest BCUT2D eigenvalue weighted by molar-refractivity contribution is 5.92. The fourth-order valence-corrected chi connectivity index (χ4v) is 4.41. The number of carbonyl (C=O) groups excluding carboxylic acids is 1. The number of hydrogen-bond acceptors (Lipinski definition) is 4. The Labute approximate surface area is 130 Å². The zero-order valence-electron chi connectivity index (χ0n) is 12.9. The molecule has 1 aromatic heterocycles. The number of anilines is 1. The van der Waals surface area contributed by atoms with Crippen molar-refractivity contribution in [2.24, 2.45) is 23.5 Å². The van der Waals surface area contributed by atoms with Crippen LogP contribution in [0.15, 0.2) is 12.4 Å². The molecule has 6 heteroatoms. The number of fused-ring (bicyclic) bond motifs is 1. The minimum absolute atomic E-state index is 0.130. The molecule has 1 aliphatic heterocycles. The summed E-state index contributed by atoms with van der Waals surface area (Å²) < 4.78 is 2.00. The molecule has 22 heavy (non-hydrogen) atoms. The average molecular weight is 303 g/mol. The van der Waals surface area contributed by atoms with E-state index in [4.69, 9.17) is 5.73 Å². The third-order valence-electron chi connectivity index (χ3n) is 5.80. The topological polar surface area (TPSA) is 85.0 Å². The van der Waals surface area contributed by atoms with Crippen LogP contribution < -0.4 is 16.4 Å². The summed E-state index contributed by atoms with van der Waals surface area (Å²) in [7, 11) is 0. The molecule has 3 fully saturated rings. The average Bonchev–Trinajstić information content (AvgIpc) is 3.12. The van der Waals surface area contributed by atoms with Gasteiger partial charge < -0.3 is 16.4 Å². The first-order valence-electron chi connectivity index (χ1n) is 8.52. The van der Waals surface area contributed by atoms with Crippen LogP contribution in [0, 0.1) is 17.8 Å². The van der Waals surface area contributed by atoms with Gasteiger partial charge in [0, 0.05) is 18.2 Å². The molecule has 6 nitrogen and oxygen atoms in total. The summed E-state index contributed by atoms with van der Waals surface area (Å²) in [5, 5.41) is 10.8. The second-order valence-electron chi connectivity index (χ2n) is 7.17. The van der Waals surface area contributed by atoms with Crippen molar-refractivity contribution in [3.05, 3.63) is 12.4 Å². The second-order valence-corrected chi connectivity index (χ2v) is 7.17. The fraction of sp³-hybridized carbons (Fsp3) is 0.750. The van der Waals surface area contributed by atoms with Crippen molar-refractivity contribution in [3.8, 4) is 0 Å². The minimum atomic E-state index is 0.130. The fourth-order valence-electron chi connectivity index (χ4n) is 4.41. The molecule has 1 unspecified atom stereocenters. The van der Waals surface area contributed by atoms with Crippen LogP contribution in [-0.2, 0) is 4.79 Å². The van der Waals surface area contributed by atoms with Gasteiger partial charge in [0.1, 0.15) is 0 Å². The molecule has 2 saturated carbocycles. The Morgan fingerprint density at radius 3 is 2.86 bits per heavy atom. The van der Waals surface area contributed by atoms with Crippen LogP contribution in [0.25, 0.3) is 0 Å². The summed E-state index contributed by atoms with van der Waals surface area (Å²) in [4.78, 5) is 12.4. The van der Waals surface area contributed by atoms with Crippen LogP contribution in [0.1, 0.15) is 38.1 Å². The standard InChI is InChI=1S/C16H25N5O/c17-15-7-10-5-11(6-14(10)15)16(22)20-12-8-19-21(9-12)13-1-3-18-4-2-13/h8-11,13-15,18H,1-7,17H2,(H,20,22)/t10-,11?,14-,15+/m0/s1. The van der Waals surface area contributed by atoms with E-state index in [1.807, 2.05) is 10.9 Å². The van der Waals surface area contributed by atoms with Crippen molar-refractivity contribution >= 4 is 11.6 Å². The van der Waals surface area contributed by atoms with Crippen molar-refractivity contribution < 1.29 is 4.79 Å². The van der Waals surface area contributed by atoms with Gasteiger partial charge in [-0.3, -0.25) is 9.48 Å². The predicted molar refractivity (Wildman–Crippen MR) is 84.3 cm³/mol. The Morgan fingerprint density at radius 1 is 1.32 bits per heavy atom. The molecule has 1 aromatic rings. The zero-order valence-corrected chi connectivity index (χ0v) is 12.9. The summed E-state index contributed by atoms with van der Waals surface area (Å²) in [5.41, 5.74) is 6.84. The first-order chi connectivity index (χ1) is 10.7. The van der Waals surface area contributed by atoms with Gasteiger partial charge in [0.2, 0.25) is 5.91 Å². The molecule has 4 rings (SSSR count). The van der Waals surface area contributed by atoms with Crippen molar-refractivity contribution in [1.82, 2.24) is 15.1 Å². The monoisotopic (exact) mass is 303 g/mol. The number of piperidine rings is 1. The molecule has 4 atom stereocenters. The number of nitrogens with two attached hydrogens (primary N) is 1. The number of amides is 1. The van der Waals surface area contributed by atoms with Gasteiger partial charge in [0.15, 0.2) is 0 Å². The maximum Gasteiger partial charge on any atom is 0.227 e. The van der Waals surface area contributed by atoms with Crippen molar-refractivity contribution in [1.29, 1.82) is 0 Å². The van der Waals surface area contributed by atoms with E-state index >= 15 is 0 Å². The van der Waals surface area contributed by atoms with E-state index < -0.39 is 0 Å². The number of hydrogen-bond donors (Lipinski definition) is 3. The van der Waals surface area contributed by atoms with Crippen LogP contribution in [0.2, 0.25) is 0 Å². The summed E-state index contributed by atoms with van der Waals surface area (Å²) in [5.74, 6) is 1.54. The van der Waals surface area contributed by atoms with Gasteiger partial charge in [-0.05, 0) is 57.0 Å². The highest BCUT2D eigenvalue weighted by atomic mass is 16.1. The van der Waals surface area contributed by atoms with E-state index in [2.05, 4.69) is 15.7 Å². The minimum Gasteiger partial charge on any atom is -0.327 e. The van der Waals surface area contributed by atoms with Crippen molar-refractivity contribution in [3.63, 3.8) is 0 Å². The lowest BCUT2D eigenvalue weighted by Gasteiger charge is -2.37. The number of rotatable bonds is 3. The highest BCUT2D eigenvalue weighted by Crippen LogP contribution is 2.49. The number of nitrogens with zero attached hydrogens (tertiary/aromatic N) is 2. The molecule has 2 heterocycles. The Hall–Kier alpha value is -1.40. The van der Waals surface area contributed by atoms with E-state index in [1.165, 1.54) is 0 Å². The number of nitrogens with one attached hydrogen (secondary N) is 2. The molecule has 0 bridgehead atoms. The lowest BCUT2D eigenvalue weighted by Crippen LogP contribution is -2.44. The molecule has 4 N–H and O–H groups in total. The van der Waals surface area contributed by atoms with E-state index in [-0.39, 0.29) is 11.8 Å². The Morgan fingerprint density at radius 2 is 2.14 bits per heavy atom. The largest absolute Gasteiger partial charge is 0.327 e. The van der Waals surface area contributed by atoms with E-state index in [9.17, 15) is 4.79 Å². The Balaban J connectivity index is 1.35. The van der Waals surface area contributed by atoms with Gasteiger partial charge in [-0.15, -0.1) is 0 Å². The summed E-state index contributed by atoms with van der Waals surface area (Å²) in [6, 6.07) is 0.776. The number of carbonyl (C=O) groups is 1. The molecule has 1 saturated heterocycles. The van der Waals surface area contributed by atoms with Gasteiger partial charge in [-0.1, -0.05) is 0 Å². The highest BCUT2D eigenvalue weighted by Gasteiger charge is 2.47.